The summed E-state index contributed by atoms with van der Waals surface area (Å²) < 4.78 is 123. The zero-order chi connectivity index (χ0) is 36.7. The lowest BCUT2D eigenvalue weighted by Crippen LogP contribution is -2.18. The number of hydrogen-bond acceptors (Lipinski definition) is 5. The molecule has 0 aliphatic heterocycles. The third kappa shape index (κ3) is 5.02. The Kier molecular flexibility index (Phi) is 7.48. The van der Waals surface area contributed by atoms with Crippen LogP contribution in [0.5, 0.6) is 0 Å². The molecule has 0 radical (unpaired) electrons. The highest BCUT2D eigenvalue weighted by molar-refractivity contribution is 6.10. The Morgan fingerprint density at radius 1 is 0.442 bits per heavy atom. The second-order valence-corrected chi connectivity index (χ2v) is 12.5. The fourth-order valence-corrected chi connectivity index (χ4v) is 6.91. The van der Waals surface area contributed by atoms with Gasteiger partial charge in [0.25, 0.3) is 0 Å². The van der Waals surface area contributed by atoms with E-state index in [0.29, 0.717) is 35.3 Å². The minimum atomic E-state index is -2.37. The Labute approximate surface area is 289 Å². The van der Waals surface area contributed by atoms with Gasteiger partial charge >= 0.3 is 0 Å². The predicted octanol–water partition coefficient (Wildman–Crippen LogP) is 9.82. The van der Waals surface area contributed by atoms with Crippen molar-refractivity contribution in [3.05, 3.63) is 153 Å². The number of carbonyl (C=O) groups is 1. The molecule has 0 amide bonds. The van der Waals surface area contributed by atoms with Crippen molar-refractivity contribution in [1.82, 2.24) is 0 Å². The monoisotopic (exact) mass is 714 g/mol. The van der Waals surface area contributed by atoms with Crippen LogP contribution in [0, 0.1) is 46.5 Å². The van der Waals surface area contributed by atoms with Gasteiger partial charge in [-0.05, 0) is 106 Å². The molecule has 0 spiro atoms. The average Bonchev–Trinajstić information content (AvgIpc) is 3.66. The molecule has 0 saturated carbocycles. The van der Waals surface area contributed by atoms with Crippen LogP contribution in [-0.2, 0) is 12.8 Å². The maximum atomic E-state index is 15.3. The highest BCUT2D eigenvalue weighted by Gasteiger charge is 2.36. The first kappa shape index (κ1) is 32.8. The summed E-state index contributed by atoms with van der Waals surface area (Å²) in [4.78, 5) is 13.1. The van der Waals surface area contributed by atoms with Crippen molar-refractivity contribution >= 4 is 39.9 Å². The SMILES string of the molecule is Nc1ccc2c(c1)Cc1cc(Nc3c(F)c(F)c(C(=O)c4c(F)c(F)c(Nc5ccc6c(c5)Cc5cc(N)ccc5-6)c(F)c4F)c(F)c3F)ccc1-2. The van der Waals surface area contributed by atoms with Gasteiger partial charge in [0, 0.05) is 22.7 Å². The van der Waals surface area contributed by atoms with Gasteiger partial charge in [0.05, 0.1) is 0 Å². The molecule has 2 aliphatic carbocycles. The van der Waals surface area contributed by atoms with E-state index in [2.05, 4.69) is 10.6 Å². The normalized spacial score (nSPS) is 12.3. The van der Waals surface area contributed by atoms with Crippen LogP contribution in [0.2, 0.25) is 0 Å². The van der Waals surface area contributed by atoms with Crippen molar-refractivity contribution in [2.45, 2.75) is 12.8 Å². The first-order valence-corrected chi connectivity index (χ1v) is 15.7. The Morgan fingerprint density at radius 3 is 1.10 bits per heavy atom. The number of nitrogens with one attached hydrogen (secondary N) is 2. The second-order valence-electron chi connectivity index (χ2n) is 12.5. The molecule has 0 bridgehead atoms. The zero-order valence-electron chi connectivity index (χ0n) is 26.4. The van der Waals surface area contributed by atoms with Crippen molar-refractivity contribution in [2.24, 2.45) is 0 Å². The first-order valence-electron chi connectivity index (χ1n) is 15.7. The summed E-state index contributed by atoms with van der Waals surface area (Å²) in [6.07, 6.45) is 0.811. The summed E-state index contributed by atoms with van der Waals surface area (Å²) in [7, 11) is 0. The third-order valence-corrected chi connectivity index (χ3v) is 9.33. The molecule has 6 N–H and O–H groups in total. The highest BCUT2D eigenvalue weighted by Crippen LogP contribution is 2.42. The van der Waals surface area contributed by atoms with Gasteiger partial charge in [-0.25, -0.2) is 35.1 Å². The molecule has 0 heterocycles. The van der Waals surface area contributed by atoms with Gasteiger partial charge in [0.1, 0.15) is 22.5 Å². The lowest BCUT2D eigenvalue weighted by Gasteiger charge is -2.16. The van der Waals surface area contributed by atoms with E-state index in [1.807, 2.05) is 12.1 Å². The number of ketones is 1. The van der Waals surface area contributed by atoms with Crippen LogP contribution in [0.3, 0.4) is 0 Å². The molecule has 0 saturated heterocycles. The molecule has 13 heteroatoms. The van der Waals surface area contributed by atoms with E-state index in [0.717, 1.165) is 33.4 Å². The van der Waals surface area contributed by atoms with Gasteiger partial charge in [-0.2, -0.15) is 0 Å². The van der Waals surface area contributed by atoms with E-state index in [4.69, 9.17) is 11.5 Å². The minimum Gasteiger partial charge on any atom is -0.399 e. The number of fused-ring (bicyclic) bond motifs is 6. The molecular formula is C39H22F8N4O. The predicted molar refractivity (Wildman–Crippen MR) is 181 cm³/mol. The van der Waals surface area contributed by atoms with Crippen LogP contribution in [0.1, 0.15) is 38.2 Å². The quantitative estimate of drug-likeness (QED) is 0.0596. The molecule has 52 heavy (non-hydrogen) atoms. The number of carbonyl (C=O) groups excluding carboxylic acids is 1. The maximum Gasteiger partial charge on any atom is 0.205 e. The molecule has 8 rings (SSSR count). The summed E-state index contributed by atoms with van der Waals surface area (Å²) in [5.41, 5.74) is 12.4. The fraction of sp³-hybridized carbons (Fsp3) is 0.0513. The lowest BCUT2D eigenvalue weighted by atomic mass is 9.98. The third-order valence-electron chi connectivity index (χ3n) is 9.33. The summed E-state index contributed by atoms with van der Waals surface area (Å²) in [6.45, 7) is 0. The number of nitrogens with two attached hydrogens (primary N) is 2. The number of benzene rings is 6. The van der Waals surface area contributed by atoms with Gasteiger partial charge < -0.3 is 22.1 Å². The smallest absolute Gasteiger partial charge is 0.205 e. The van der Waals surface area contributed by atoms with Gasteiger partial charge in [-0.1, -0.05) is 24.3 Å². The molecule has 260 valence electrons. The summed E-state index contributed by atoms with van der Waals surface area (Å²) in [5, 5.41) is 4.49. The molecule has 0 unspecified atom stereocenters. The Morgan fingerprint density at radius 2 is 0.750 bits per heavy atom. The van der Waals surface area contributed by atoms with E-state index in [-0.39, 0.29) is 11.4 Å². The average molecular weight is 715 g/mol. The topological polar surface area (TPSA) is 93.2 Å². The minimum absolute atomic E-state index is 0.0112. The number of rotatable bonds is 6. The molecule has 0 aromatic heterocycles. The van der Waals surface area contributed by atoms with Crippen molar-refractivity contribution in [1.29, 1.82) is 0 Å². The summed E-state index contributed by atoms with van der Waals surface area (Å²) in [6, 6.07) is 19.6. The van der Waals surface area contributed by atoms with Crippen LogP contribution in [0.4, 0.5) is 69.2 Å². The Hall–Kier alpha value is -6.37. The van der Waals surface area contributed by atoms with Crippen molar-refractivity contribution in [3.63, 3.8) is 0 Å². The van der Waals surface area contributed by atoms with Crippen LogP contribution >= 0.6 is 0 Å². The molecule has 0 atom stereocenters. The largest absolute Gasteiger partial charge is 0.399 e. The molecule has 2 aliphatic rings. The van der Waals surface area contributed by atoms with E-state index in [1.165, 1.54) is 24.3 Å². The van der Waals surface area contributed by atoms with E-state index >= 15 is 35.1 Å². The van der Waals surface area contributed by atoms with Crippen molar-refractivity contribution < 1.29 is 39.9 Å². The molecular weight excluding hydrogens is 692 g/mol. The first-order chi connectivity index (χ1) is 24.8. The van der Waals surface area contributed by atoms with Gasteiger partial charge in [-0.3, -0.25) is 4.79 Å². The van der Waals surface area contributed by atoms with Gasteiger partial charge in [0.15, 0.2) is 46.5 Å². The standard InChI is InChI=1S/C39H22F8N4O/c40-29-27(30(41)34(45)37(33(29)44)50-21-3-7-25-17(13-21)9-15-11-19(48)1-5-23(15)25)39(52)28-31(42)35(46)38(36(47)32(28)43)51-22-4-8-26-18(14-22)10-16-12-20(49)2-6-24(16)26/h1-8,11-14,50-51H,9-10,48-49H2. The number of halogens is 8. The van der Waals surface area contributed by atoms with E-state index in [9.17, 15) is 4.79 Å². The maximum absolute atomic E-state index is 15.3. The van der Waals surface area contributed by atoms with Gasteiger partial charge in [0.2, 0.25) is 5.78 Å². The Bertz CT molecular complexity index is 2340. The van der Waals surface area contributed by atoms with Gasteiger partial charge in [-0.15, -0.1) is 0 Å². The molecule has 6 aromatic carbocycles. The number of nitrogen functional groups attached to an aromatic ring is 2. The van der Waals surface area contributed by atoms with Crippen LogP contribution < -0.4 is 22.1 Å². The number of anilines is 6. The molecule has 0 fully saturated rings. The summed E-state index contributed by atoms with van der Waals surface area (Å²) >= 11 is 0. The highest BCUT2D eigenvalue weighted by atomic mass is 19.2. The number of hydrogen-bond donors (Lipinski definition) is 4. The zero-order valence-corrected chi connectivity index (χ0v) is 26.4. The van der Waals surface area contributed by atoms with Crippen LogP contribution in [-0.4, -0.2) is 5.78 Å². The molecule has 6 aromatic rings. The van der Waals surface area contributed by atoms with Crippen molar-refractivity contribution in [3.8, 4) is 22.3 Å². The molecule has 5 nitrogen and oxygen atoms in total. The Balaban J connectivity index is 1.09. The van der Waals surface area contributed by atoms with Crippen LogP contribution in [0.15, 0.2) is 72.8 Å². The van der Waals surface area contributed by atoms with E-state index in [1.54, 1.807) is 36.4 Å². The summed E-state index contributed by atoms with van der Waals surface area (Å²) in [5.74, 6) is -20.3. The van der Waals surface area contributed by atoms with E-state index < -0.39 is 74.8 Å². The van der Waals surface area contributed by atoms with Crippen LogP contribution in [0.25, 0.3) is 22.3 Å². The second kappa shape index (κ2) is 11.9. The fourth-order valence-electron chi connectivity index (χ4n) is 6.91. The lowest BCUT2D eigenvalue weighted by molar-refractivity contribution is 0.101. The van der Waals surface area contributed by atoms with Crippen molar-refractivity contribution in [2.75, 3.05) is 22.1 Å².